The molecule has 2 unspecified atom stereocenters. The molecule has 2 rings (SSSR count). The Balaban J connectivity index is 2.27. The highest BCUT2D eigenvalue weighted by Crippen LogP contribution is 2.50. The topological polar surface area (TPSA) is 0 Å². The summed E-state index contributed by atoms with van der Waals surface area (Å²) in [5, 5.41) is 0. The minimum Gasteiger partial charge on any atom is -0.0837 e. The van der Waals surface area contributed by atoms with Gasteiger partial charge in [-0.3, -0.25) is 0 Å². The van der Waals surface area contributed by atoms with Crippen molar-refractivity contribution in [3.8, 4) is 0 Å². The Morgan fingerprint density at radius 3 is 2.33 bits per heavy atom. The number of hydrogen-bond acceptors (Lipinski definition) is 0. The van der Waals surface area contributed by atoms with Gasteiger partial charge in [0.05, 0.1) is 0 Å². The first-order valence-electron chi connectivity index (χ1n) is 5.45. The second-order valence-corrected chi connectivity index (χ2v) is 6.20. The normalized spacial score (nSPS) is 39.3. The molecular formula is C14H17I. The molecule has 1 heteroatoms. The summed E-state index contributed by atoms with van der Waals surface area (Å²) >= 11 is 2.39. The zero-order valence-corrected chi connectivity index (χ0v) is 11.5. The standard InChI is InChI=1S/C14H17I/c1-13(8-4-3-5-9-13)14(2)10-6-12(15)7-11-14/h3-8,10H,9,11H2,1-2H3. The van der Waals surface area contributed by atoms with Crippen LogP contribution in [-0.2, 0) is 0 Å². The molecule has 0 nitrogen and oxygen atoms in total. The lowest BCUT2D eigenvalue weighted by Gasteiger charge is -2.44. The lowest BCUT2D eigenvalue weighted by atomic mass is 9.60. The van der Waals surface area contributed by atoms with E-state index in [0.717, 1.165) is 12.8 Å². The van der Waals surface area contributed by atoms with Crippen molar-refractivity contribution in [1.82, 2.24) is 0 Å². The van der Waals surface area contributed by atoms with Crippen LogP contribution < -0.4 is 0 Å². The van der Waals surface area contributed by atoms with E-state index in [-0.39, 0.29) is 10.8 Å². The van der Waals surface area contributed by atoms with E-state index in [4.69, 9.17) is 0 Å². The summed E-state index contributed by atoms with van der Waals surface area (Å²) in [7, 11) is 0. The van der Waals surface area contributed by atoms with Crippen molar-refractivity contribution in [3.63, 3.8) is 0 Å². The van der Waals surface area contributed by atoms with Crippen LogP contribution in [0.1, 0.15) is 26.7 Å². The molecule has 80 valence electrons. The smallest absolute Gasteiger partial charge is 0.00873 e. The van der Waals surface area contributed by atoms with Crippen LogP contribution in [0, 0.1) is 10.8 Å². The van der Waals surface area contributed by atoms with Crippen LogP contribution in [0.4, 0.5) is 0 Å². The van der Waals surface area contributed by atoms with Crippen LogP contribution in [0.25, 0.3) is 0 Å². The molecule has 0 aromatic heterocycles. The van der Waals surface area contributed by atoms with E-state index in [1.54, 1.807) is 0 Å². The van der Waals surface area contributed by atoms with Gasteiger partial charge in [0.2, 0.25) is 0 Å². The summed E-state index contributed by atoms with van der Waals surface area (Å²) in [5.41, 5.74) is 0.537. The summed E-state index contributed by atoms with van der Waals surface area (Å²) in [6.45, 7) is 4.73. The largest absolute Gasteiger partial charge is 0.0837 e. The number of hydrogen-bond donors (Lipinski definition) is 0. The van der Waals surface area contributed by atoms with Crippen molar-refractivity contribution in [2.75, 3.05) is 0 Å². The summed E-state index contributed by atoms with van der Waals surface area (Å²) in [6, 6.07) is 0. The molecule has 0 saturated carbocycles. The van der Waals surface area contributed by atoms with E-state index >= 15 is 0 Å². The van der Waals surface area contributed by atoms with Gasteiger partial charge < -0.3 is 0 Å². The molecule has 0 amide bonds. The molecule has 0 aliphatic heterocycles. The third kappa shape index (κ3) is 1.99. The van der Waals surface area contributed by atoms with Gasteiger partial charge in [-0.15, -0.1) is 0 Å². The molecule has 0 bridgehead atoms. The summed E-state index contributed by atoms with van der Waals surface area (Å²) in [4.78, 5) is 0. The Labute approximate surface area is 106 Å². The lowest BCUT2D eigenvalue weighted by molar-refractivity contribution is 0.184. The maximum Gasteiger partial charge on any atom is 0.00873 e. The monoisotopic (exact) mass is 312 g/mol. The molecule has 2 aliphatic carbocycles. The van der Waals surface area contributed by atoms with Crippen LogP contribution in [0.15, 0.2) is 46.1 Å². The van der Waals surface area contributed by atoms with Gasteiger partial charge in [-0.1, -0.05) is 56.4 Å². The fourth-order valence-electron chi connectivity index (χ4n) is 2.28. The number of rotatable bonds is 1. The summed E-state index contributed by atoms with van der Waals surface area (Å²) in [6.07, 6.45) is 18.3. The molecule has 2 aliphatic rings. The second kappa shape index (κ2) is 3.93. The van der Waals surface area contributed by atoms with Crippen LogP contribution in [-0.4, -0.2) is 0 Å². The molecule has 0 heterocycles. The van der Waals surface area contributed by atoms with Crippen LogP contribution in [0.3, 0.4) is 0 Å². The Morgan fingerprint density at radius 2 is 1.80 bits per heavy atom. The average molecular weight is 312 g/mol. The van der Waals surface area contributed by atoms with Gasteiger partial charge in [-0.2, -0.15) is 0 Å². The molecule has 15 heavy (non-hydrogen) atoms. The van der Waals surface area contributed by atoms with Gasteiger partial charge in [-0.05, 0) is 46.3 Å². The molecule has 0 radical (unpaired) electrons. The Morgan fingerprint density at radius 1 is 1.07 bits per heavy atom. The average Bonchev–Trinajstić information content (AvgIpc) is 2.24. The fraction of sp³-hybridized carbons (Fsp3) is 0.429. The van der Waals surface area contributed by atoms with Gasteiger partial charge >= 0.3 is 0 Å². The van der Waals surface area contributed by atoms with Gasteiger partial charge in [0, 0.05) is 3.58 Å². The third-order valence-electron chi connectivity index (χ3n) is 3.89. The quantitative estimate of drug-likeness (QED) is 0.611. The maximum atomic E-state index is 2.39. The molecular weight excluding hydrogens is 295 g/mol. The first kappa shape index (κ1) is 11.2. The van der Waals surface area contributed by atoms with E-state index in [0.29, 0.717) is 0 Å². The Hall–Kier alpha value is -0.310. The van der Waals surface area contributed by atoms with Crippen molar-refractivity contribution in [2.24, 2.45) is 10.8 Å². The van der Waals surface area contributed by atoms with Crippen LogP contribution in [0.2, 0.25) is 0 Å². The molecule has 0 N–H and O–H groups in total. The highest BCUT2D eigenvalue weighted by Gasteiger charge is 2.40. The molecule has 0 aromatic carbocycles. The van der Waals surface area contributed by atoms with E-state index in [2.05, 4.69) is 79.0 Å². The Kier molecular flexibility index (Phi) is 2.93. The predicted octanol–water partition coefficient (Wildman–Crippen LogP) is 4.79. The van der Waals surface area contributed by atoms with Gasteiger partial charge in [0.15, 0.2) is 0 Å². The number of halogens is 1. The van der Waals surface area contributed by atoms with Crippen molar-refractivity contribution in [1.29, 1.82) is 0 Å². The van der Waals surface area contributed by atoms with Crippen molar-refractivity contribution in [3.05, 3.63) is 46.1 Å². The highest BCUT2D eigenvalue weighted by atomic mass is 127. The van der Waals surface area contributed by atoms with E-state index < -0.39 is 0 Å². The molecule has 0 fully saturated rings. The minimum atomic E-state index is 0.267. The molecule has 0 saturated heterocycles. The van der Waals surface area contributed by atoms with Gasteiger partial charge in [-0.25, -0.2) is 0 Å². The number of allylic oxidation sites excluding steroid dienone is 8. The van der Waals surface area contributed by atoms with Crippen molar-refractivity contribution >= 4 is 22.6 Å². The highest BCUT2D eigenvalue weighted by molar-refractivity contribution is 14.1. The maximum absolute atomic E-state index is 2.39. The van der Waals surface area contributed by atoms with Gasteiger partial charge in [0.25, 0.3) is 0 Å². The zero-order chi connectivity index (χ0) is 10.9. The van der Waals surface area contributed by atoms with Gasteiger partial charge in [0.1, 0.15) is 0 Å². The zero-order valence-electron chi connectivity index (χ0n) is 9.33. The van der Waals surface area contributed by atoms with E-state index in [1.807, 2.05) is 0 Å². The lowest BCUT2D eigenvalue weighted by Crippen LogP contribution is -2.35. The molecule has 0 aromatic rings. The first-order valence-corrected chi connectivity index (χ1v) is 6.53. The second-order valence-electron chi connectivity index (χ2n) is 4.95. The third-order valence-corrected chi connectivity index (χ3v) is 4.69. The molecule has 2 atom stereocenters. The predicted molar refractivity (Wildman–Crippen MR) is 75.0 cm³/mol. The SMILES string of the molecule is CC1(C2(C)C=CC(I)=CC2)C=CC=CC1. The van der Waals surface area contributed by atoms with E-state index in [9.17, 15) is 0 Å². The summed E-state index contributed by atoms with van der Waals surface area (Å²) < 4.78 is 1.36. The van der Waals surface area contributed by atoms with Crippen LogP contribution in [0.5, 0.6) is 0 Å². The molecule has 0 spiro atoms. The fourth-order valence-corrected chi connectivity index (χ4v) is 2.68. The van der Waals surface area contributed by atoms with Crippen LogP contribution >= 0.6 is 22.6 Å². The Bertz CT molecular complexity index is 373. The van der Waals surface area contributed by atoms with Crippen molar-refractivity contribution in [2.45, 2.75) is 26.7 Å². The van der Waals surface area contributed by atoms with Crippen molar-refractivity contribution < 1.29 is 0 Å². The first-order chi connectivity index (χ1) is 7.06. The van der Waals surface area contributed by atoms with E-state index in [1.165, 1.54) is 3.58 Å². The minimum absolute atomic E-state index is 0.267. The summed E-state index contributed by atoms with van der Waals surface area (Å²) in [5.74, 6) is 0.